The molecule has 7 nitrogen and oxygen atoms in total. The van der Waals surface area contributed by atoms with Crippen molar-refractivity contribution in [2.75, 3.05) is 18.1 Å². The van der Waals surface area contributed by atoms with Crippen molar-refractivity contribution < 1.29 is 23.8 Å². The van der Waals surface area contributed by atoms with Gasteiger partial charge < -0.3 is 25.7 Å². The summed E-state index contributed by atoms with van der Waals surface area (Å²) in [4.78, 5) is 24.6. The zero-order chi connectivity index (χ0) is 25.8. The fourth-order valence-electron chi connectivity index (χ4n) is 4.15. The second-order valence-corrected chi connectivity index (χ2v) is 9.26. The molecule has 0 atom stereocenters. The van der Waals surface area contributed by atoms with Crippen LogP contribution in [-0.4, -0.2) is 30.8 Å². The number of rotatable bonds is 12. The van der Waals surface area contributed by atoms with E-state index in [-0.39, 0.29) is 24.8 Å². The van der Waals surface area contributed by atoms with Crippen molar-refractivity contribution in [1.29, 1.82) is 0 Å². The number of unbranched alkanes of at least 4 members (excludes halogenated alkanes) is 3. The Hall–Kier alpha value is -3.32. The summed E-state index contributed by atoms with van der Waals surface area (Å²) in [7, 11) is 0. The highest BCUT2D eigenvalue weighted by molar-refractivity contribution is 5.90. The van der Waals surface area contributed by atoms with Crippen LogP contribution in [0.3, 0.4) is 0 Å². The van der Waals surface area contributed by atoms with Crippen LogP contribution in [0.2, 0.25) is 0 Å². The SMILES string of the molecule is CCCCCCOC1CCC(OC(=O)c2ccc(C=CC(=O)OCc3ccc(N)cc3N)cc2)CC1. The van der Waals surface area contributed by atoms with Crippen LogP contribution in [0.15, 0.2) is 48.5 Å². The minimum atomic E-state index is -0.491. The minimum Gasteiger partial charge on any atom is -0.459 e. The number of ether oxygens (including phenoxy) is 3. The number of nitrogens with two attached hydrogens (primary N) is 2. The molecule has 0 spiro atoms. The van der Waals surface area contributed by atoms with Crippen LogP contribution < -0.4 is 11.5 Å². The van der Waals surface area contributed by atoms with Gasteiger partial charge in [0.15, 0.2) is 0 Å². The smallest absolute Gasteiger partial charge is 0.338 e. The predicted molar refractivity (Wildman–Crippen MR) is 142 cm³/mol. The van der Waals surface area contributed by atoms with E-state index in [9.17, 15) is 9.59 Å². The van der Waals surface area contributed by atoms with Crippen LogP contribution in [0, 0.1) is 0 Å². The molecule has 0 aliphatic heterocycles. The van der Waals surface area contributed by atoms with Crippen molar-refractivity contribution in [1.82, 2.24) is 0 Å². The molecule has 7 heteroatoms. The van der Waals surface area contributed by atoms with Gasteiger partial charge in [-0.15, -0.1) is 0 Å². The third-order valence-corrected chi connectivity index (χ3v) is 6.34. The lowest BCUT2D eigenvalue weighted by Gasteiger charge is -2.28. The summed E-state index contributed by atoms with van der Waals surface area (Å²) < 4.78 is 16.9. The standard InChI is InChI=1S/C29H38N2O5/c1-2-3-4-5-18-34-25-13-15-26(16-14-25)36-29(33)22-9-6-21(7-10-22)8-17-28(32)35-20-23-11-12-24(30)19-27(23)31/h6-12,17,19,25-26H,2-5,13-16,18,20,30-31H2,1H3. The predicted octanol–water partition coefficient (Wildman–Crippen LogP) is 5.67. The average Bonchev–Trinajstić information content (AvgIpc) is 2.88. The third-order valence-electron chi connectivity index (χ3n) is 6.34. The molecule has 0 amide bonds. The first kappa shape index (κ1) is 27.3. The number of hydrogen-bond donors (Lipinski definition) is 2. The van der Waals surface area contributed by atoms with Gasteiger partial charge in [-0.2, -0.15) is 0 Å². The van der Waals surface area contributed by atoms with E-state index in [1.807, 2.05) is 0 Å². The third kappa shape index (κ3) is 9.04. The topological polar surface area (TPSA) is 114 Å². The van der Waals surface area contributed by atoms with Crippen molar-refractivity contribution in [2.45, 2.75) is 77.1 Å². The van der Waals surface area contributed by atoms with Crippen molar-refractivity contribution in [3.05, 3.63) is 65.2 Å². The highest BCUT2D eigenvalue weighted by Gasteiger charge is 2.24. The zero-order valence-corrected chi connectivity index (χ0v) is 21.1. The summed E-state index contributed by atoms with van der Waals surface area (Å²) in [6.45, 7) is 3.09. The Balaban J connectivity index is 1.38. The Morgan fingerprint density at radius 2 is 1.67 bits per heavy atom. The maximum atomic E-state index is 12.5. The van der Waals surface area contributed by atoms with Gasteiger partial charge in [0.05, 0.1) is 11.7 Å². The molecule has 0 aromatic heterocycles. The molecule has 1 fully saturated rings. The summed E-state index contributed by atoms with van der Waals surface area (Å²) in [5.74, 6) is -0.815. The molecule has 1 aliphatic rings. The second-order valence-electron chi connectivity index (χ2n) is 9.26. The summed E-state index contributed by atoms with van der Waals surface area (Å²) >= 11 is 0. The number of anilines is 2. The fourth-order valence-corrected chi connectivity index (χ4v) is 4.15. The van der Waals surface area contributed by atoms with Crippen molar-refractivity contribution in [3.63, 3.8) is 0 Å². The van der Waals surface area contributed by atoms with Gasteiger partial charge in [0.1, 0.15) is 12.7 Å². The molecule has 0 heterocycles. The van der Waals surface area contributed by atoms with Crippen LogP contribution >= 0.6 is 0 Å². The Morgan fingerprint density at radius 1 is 0.944 bits per heavy atom. The van der Waals surface area contributed by atoms with E-state index in [1.54, 1.807) is 48.5 Å². The molecule has 0 unspecified atom stereocenters. The van der Waals surface area contributed by atoms with Crippen LogP contribution in [0.5, 0.6) is 0 Å². The van der Waals surface area contributed by atoms with Crippen LogP contribution in [0.1, 0.15) is 79.8 Å². The molecule has 2 aromatic carbocycles. The first-order chi connectivity index (χ1) is 17.4. The van der Waals surface area contributed by atoms with Gasteiger partial charge in [0, 0.05) is 29.6 Å². The normalized spacial score (nSPS) is 17.7. The quantitative estimate of drug-likeness (QED) is 0.169. The molecular formula is C29H38N2O5. The number of nitrogen functional groups attached to an aromatic ring is 2. The largest absolute Gasteiger partial charge is 0.459 e. The fraction of sp³-hybridized carbons (Fsp3) is 0.448. The molecule has 1 saturated carbocycles. The highest BCUT2D eigenvalue weighted by Crippen LogP contribution is 2.25. The molecule has 1 aliphatic carbocycles. The van der Waals surface area contributed by atoms with Gasteiger partial charge >= 0.3 is 11.9 Å². The molecule has 0 saturated heterocycles. The monoisotopic (exact) mass is 494 g/mol. The number of carbonyl (C=O) groups excluding carboxylic acids is 2. The Bertz CT molecular complexity index is 1010. The minimum absolute atomic E-state index is 0.0626. The molecular weight excluding hydrogens is 456 g/mol. The van der Waals surface area contributed by atoms with E-state index in [4.69, 9.17) is 25.7 Å². The summed E-state index contributed by atoms with van der Waals surface area (Å²) in [6.07, 6.45) is 11.5. The Morgan fingerprint density at radius 3 is 2.36 bits per heavy atom. The van der Waals surface area contributed by atoms with Crippen molar-refractivity contribution in [2.24, 2.45) is 0 Å². The molecule has 3 rings (SSSR count). The van der Waals surface area contributed by atoms with E-state index in [0.29, 0.717) is 22.5 Å². The lowest BCUT2D eigenvalue weighted by molar-refractivity contribution is -0.138. The van der Waals surface area contributed by atoms with Gasteiger partial charge in [0.25, 0.3) is 0 Å². The van der Waals surface area contributed by atoms with Gasteiger partial charge in [-0.05, 0) is 68.0 Å². The number of carbonyl (C=O) groups is 2. The summed E-state index contributed by atoms with van der Waals surface area (Å²) in [5, 5.41) is 0. The number of hydrogen-bond acceptors (Lipinski definition) is 7. The first-order valence-corrected chi connectivity index (χ1v) is 12.9. The van der Waals surface area contributed by atoms with Gasteiger partial charge in [0.2, 0.25) is 0 Å². The molecule has 4 N–H and O–H groups in total. The molecule has 36 heavy (non-hydrogen) atoms. The number of benzene rings is 2. The zero-order valence-electron chi connectivity index (χ0n) is 21.1. The Labute approximate surface area is 213 Å². The maximum absolute atomic E-state index is 12.5. The lowest BCUT2D eigenvalue weighted by Crippen LogP contribution is -2.28. The van der Waals surface area contributed by atoms with Crippen LogP contribution in [-0.2, 0) is 25.6 Å². The summed E-state index contributed by atoms with van der Waals surface area (Å²) in [6, 6.07) is 12.0. The van der Waals surface area contributed by atoms with E-state index in [1.165, 1.54) is 25.3 Å². The van der Waals surface area contributed by atoms with Gasteiger partial charge in [-0.25, -0.2) is 9.59 Å². The van der Waals surface area contributed by atoms with E-state index in [2.05, 4.69) is 6.92 Å². The summed E-state index contributed by atoms with van der Waals surface area (Å²) in [5.41, 5.74) is 14.5. The van der Waals surface area contributed by atoms with Crippen molar-refractivity contribution in [3.8, 4) is 0 Å². The van der Waals surface area contributed by atoms with E-state index in [0.717, 1.165) is 44.3 Å². The van der Waals surface area contributed by atoms with Gasteiger partial charge in [-0.3, -0.25) is 0 Å². The average molecular weight is 495 g/mol. The molecule has 194 valence electrons. The Kier molecular flexibility index (Phi) is 10.8. The first-order valence-electron chi connectivity index (χ1n) is 12.9. The van der Waals surface area contributed by atoms with E-state index < -0.39 is 5.97 Å². The molecule has 0 bridgehead atoms. The highest BCUT2D eigenvalue weighted by atomic mass is 16.5. The van der Waals surface area contributed by atoms with E-state index >= 15 is 0 Å². The number of esters is 2. The molecule has 0 radical (unpaired) electrons. The lowest BCUT2D eigenvalue weighted by atomic mass is 9.95. The van der Waals surface area contributed by atoms with Crippen LogP contribution in [0.4, 0.5) is 11.4 Å². The van der Waals surface area contributed by atoms with Gasteiger partial charge in [-0.1, -0.05) is 44.4 Å². The molecule has 2 aromatic rings. The van der Waals surface area contributed by atoms with Crippen LogP contribution in [0.25, 0.3) is 6.08 Å². The second kappa shape index (κ2) is 14.3. The maximum Gasteiger partial charge on any atom is 0.338 e. The van der Waals surface area contributed by atoms with Crippen molar-refractivity contribution >= 4 is 29.4 Å².